The molecule has 90 valence electrons. The van der Waals surface area contributed by atoms with E-state index in [9.17, 15) is 13.2 Å². The summed E-state index contributed by atoms with van der Waals surface area (Å²) in [5.41, 5.74) is 4.27. The first kappa shape index (κ1) is 13.0. The molecular weight excluding hydrogens is 215 g/mol. The van der Waals surface area contributed by atoms with Crippen LogP contribution in [0.2, 0.25) is 0 Å². The zero-order valence-electron chi connectivity index (χ0n) is 9.27. The highest BCUT2D eigenvalue weighted by atomic mass is 19.2. The molecule has 1 unspecified atom stereocenters. The van der Waals surface area contributed by atoms with E-state index in [4.69, 9.17) is 5.73 Å². The van der Waals surface area contributed by atoms with E-state index >= 15 is 0 Å². The first-order chi connectivity index (χ1) is 7.50. The molecule has 0 aliphatic rings. The summed E-state index contributed by atoms with van der Waals surface area (Å²) in [5.74, 6) is -1.87. The third-order valence-corrected chi connectivity index (χ3v) is 2.57. The van der Waals surface area contributed by atoms with E-state index in [2.05, 4.69) is 0 Å². The summed E-state index contributed by atoms with van der Waals surface area (Å²) in [7, 11) is 0. The van der Waals surface area contributed by atoms with Crippen LogP contribution in [0.3, 0.4) is 0 Å². The Kier molecular flexibility index (Phi) is 4.35. The molecule has 0 amide bonds. The van der Waals surface area contributed by atoms with Crippen LogP contribution >= 0.6 is 0 Å². The van der Waals surface area contributed by atoms with Crippen molar-refractivity contribution in [2.75, 3.05) is 6.54 Å². The Hall–Kier alpha value is -1.03. The molecule has 2 N–H and O–H groups in total. The van der Waals surface area contributed by atoms with Crippen molar-refractivity contribution in [3.63, 3.8) is 0 Å². The number of nitrogens with two attached hydrogens (primary N) is 1. The summed E-state index contributed by atoms with van der Waals surface area (Å²) in [6.07, 6.45) is 1.01. The molecule has 0 aromatic heterocycles. The van der Waals surface area contributed by atoms with E-state index in [0.717, 1.165) is 12.1 Å². The maximum Gasteiger partial charge on any atom is 0.159 e. The molecule has 0 saturated heterocycles. The van der Waals surface area contributed by atoms with Gasteiger partial charge in [0.25, 0.3) is 0 Å². The van der Waals surface area contributed by atoms with Gasteiger partial charge in [-0.05, 0) is 24.1 Å². The molecule has 0 radical (unpaired) electrons. The molecule has 0 aliphatic heterocycles. The van der Waals surface area contributed by atoms with Crippen LogP contribution in [0, 0.1) is 11.6 Å². The maximum atomic E-state index is 14.1. The standard InChI is InChI=1S/C12H16F3N/c1-2-5-12(15,8-16)7-9-3-4-10(13)11(14)6-9/h3-4,6H,2,5,7-8,16H2,1H3. The third-order valence-electron chi connectivity index (χ3n) is 2.57. The second-order valence-electron chi connectivity index (χ2n) is 4.03. The molecule has 1 atom stereocenters. The first-order valence-electron chi connectivity index (χ1n) is 5.33. The average molecular weight is 231 g/mol. The highest BCUT2D eigenvalue weighted by Gasteiger charge is 2.27. The van der Waals surface area contributed by atoms with Gasteiger partial charge in [0.1, 0.15) is 5.67 Å². The topological polar surface area (TPSA) is 26.0 Å². The predicted octanol–water partition coefficient (Wildman–Crippen LogP) is 2.97. The quantitative estimate of drug-likeness (QED) is 0.828. The van der Waals surface area contributed by atoms with E-state index in [0.29, 0.717) is 18.4 Å². The molecule has 0 aliphatic carbocycles. The SMILES string of the molecule is CCCC(F)(CN)Cc1ccc(F)c(F)c1. The number of hydrogen-bond acceptors (Lipinski definition) is 1. The molecule has 1 aromatic carbocycles. The van der Waals surface area contributed by atoms with Crippen LogP contribution in [0.5, 0.6) is 0 Å². The Morgan fingerprint density at radius 3 is 2.44 bits per heavy atom. The minimum Gasteiger partial charge on any atom is -0.328 e. The van der Waals surface area contributed by atoms with Gasteiger partial charge in [-0.15, -0.1) is 0 Å². The van der Waals surface area contributed by atoms with Crippen LogP contribution in [0.15, 0.2) is 18.2 Å². The van der Waals surface area contributed by atoms with Gasteiger partial charge in [0.05, 0.1) is 0 Å². The Balaban J connectivity index is 2.81. The van der Waals surface area contributed by atoms with Crippen LogP contribution in [0.1, 0.15) is 25.3 Å². The van der Waals surface area contributed by atoms with Crippen molar-refractivity contribution in [2.45, 2.75) is 31.9 Å². The molecule has 0 fully saturated rings. The fraction of sp³-hybridized carbons (Fsp3) is 0.500. The highest BCUT2D eigenvalue weighted by molar-refractivity contribution is 5.20. The second kappa shape index (κ2) is 5.34. The van der Waals surface area contributed by atoms with Gasteiger partial charge in [0, 0.05) is 13.0 Å². The van der Waals surface area contributed by atoms with Crippen LogP contribution < -0.4 is 5.73 Å². The second-order valence-corrected chi connectivity index (χ2v) is 4.03. The molecule has 4 heteroatoms. The van der Waals surface area contributed by atoms with Gasteiger partial charge < -0.3 is 5.73 Å². The zero-order valence-corrected chi connectivity index (χ0v) is 9.27. The smallest absolute Gasteiger partial charge is 0.159 e. The van der Waals surface area contributed by atoms with Gasteiger partial charge in [-0.1, -0.05) is 19.4 Å². The predicted molar refractivity (Wildman–Crippen MR) is 57.9 cm³/mol. The van der Waals surface area contributed by atoms with Gasteiger partial charge in [0.2, 0.25) is 0 Å². The summed E-state index contributed by atoms with van der Waals surface area (Å²) >= 11 is 0. The number of alkyl halides is 1. The van der Waals surface area contributed by atoms with Gasteiger partial charge in [-0.2, -0.15) is 0 Å². The normalized spacial score (nSPS) is 14.8. The summed E-state index contributed by atoms with van der Waals surface area (Å²) in [4.78, 5) is 0. The lowest BCUT2D eigenvalue weighted by molar-refractivity contribution is 0.158. The third kappa shape index (κ3) is 3.23. The number of benzene rings is 1. The van der Waals surface area contributed by atoms with Gasteiger partial charge in [-0.25, -0.2) is 13.2 Å². The van der Waals surface area contributed by atoms with Crippen molar-refractivity contribution in [1.29, 1.82) is 0 Å². The van der Waals surface area contributed by atoms with E-state index in [-0.39, 0.29) is 13.0 Å². The Morgan fingerprint density at radius 1 is 1.25 bits per heavy atom. The lowest BCUT2D eigenvalue weighted by atomic mass is 9.92. The monoisotopic (exact) mass is 231 g/mol. The molecule has 1 nitrogen and oxygen atoms in total. The van der Waals surface area contributed by atoms with E-state index in [1.165, 1.54) is 6.07 Å². The number of rotatable bonds is 5. The van der Waals surface area contributed by atoms with Crippen molar-refractivity contribution < 1.29 is 13.2 Å². The van der Waals surface area contributed by atoms with Crippen LogP contribution in [0.25, 0.3) is 0 Å². The van der Waals surface area contributed by atoms with E-state index in [1.807, 2.05) is 6.92 Å². The fourth-order valence-corrected chi connectivity index (χ4v) is 1.73. The van der Waals surface area contributed by atoms with E-state index in [1.54, 1.807) is 0 Å². The Labute approximate surface area is 93.5 Å². The van der Waals surface area contributed by atoms with Gasteiger partial charge in [0.15, 0.2) is 11.6 Å². The lowest BCUT2D eigenvalue weighted by Gasteiger charge is -2.23. The van der Waals surface area contributed by atoms with Crippen molar-refractivity contribution in [3.8, 4) is 0 Å². The molecular formula is C12H16F3N. The zero-order chi connectivity index (χ0) is 12.2. The minimum absolute atomic E-state index is 0.0224. The highest BCUT2D eigenvalue weighted by Crippen LogP contribution is 2.23. The van der Waals surface area contributed by atoms with Crippen molar-refractivity contribution in [1.82, 2.24) is 0 Å². The number of hydrogen-bond donors (Lipinski definition) is 1. The van der Waals surface area contributed by atoms with Crippen LogP contribution in [-0.2, 0) is 6.42 Å². The molecule has 1 rings (SSSR count). The molecule has 0 heterocycles. The van der Waals surface area contributed by atoms with Gasteiger partial charge in [-0.3, -0.25) is 0 Å². The van der Waals surface area contributed by atoms with Crippen LogP contribution in [-0.4, -0.2) is 12.2 Å². The lowest BCUT2D eigenvalue weighted by Crippen LogP contribution is -2.35. The molecule has 0 spiro atoms. The molecule has 16 heavy (non-hydrogen) atoms. The fourth-order valence-electron chi connectivity index (χ4n) is 1.73. The summed E-state index contributed by atoms with van der Waals surface area (Å²) in [6.45, 7) is 1.75. The van der Waals surface area contributed by atoms with E-state index < -0.39 is 17.3 Å². The number of halogens is 3. The van der Waals surface area contributed by atoms with Crippen molar-refractivity contribution in [2.24, 2.45) is 5.73 Å². The summed E-state index contributed by atoms with van der Waals surface area (Å²) < 4.78 is 39.7. The summed E-state index contributed by atoms with van der Waals surface area (Å²) in [6, 6.07) is 3.42. The Bertz CT molecular complexity index is 354. The van der Waals surface area contributed by atoms with Crippen molar-refractivity contribution >= 4 is 0 Å². The summed E-state index contributed by atoms with van der Waals surface area (Å²) in [5, 5.41) is 0. The minimum atomic E-state index is -1.53. The molecule has 0 saturated carbocycles. The average Bonchev–Trinajstić information content (AvgIpc) is 2.24. The van der Waals surface area contributed by atoms with Gasteiger partial charge >= 0.3 is 0 Å². The Morgan fingerprint density at radius 2 is 1.94 bits per heavy atom. The van der Waals surface area contributed by atoms with Crippen LogP contribution in [0.4, 0.5) is 13.2 Å². The largest absolute Gasteiger partial charge is 0.328 e. The maximum absolute atomic E-state index is 14.1. The molecule has 0 bridgehead atoms. The molecule has 1 aromatic rings. The first-order valence-corrected chi connectivity index (χ1v) is 5.33. The van der Waals surface area contributed by atoms with Crippen molar-refractivity contribution in [3.05, 3.63) is 35.4 Å².